The van der Waals surface area contributed by atoms with Crippen LogP contribution in [0.15, 0.2) is 30.3 Å². The van der Waals surface area contributed by atoms with E-state index in [9.17, 15) is 0 Å². The zero-order valence-electron chi connectivity index (χ0n) is 11.6. The van der Waals surface area contributed by atoms with Crippen LogP contribution in [-0.2, 0) is 12.8 Å². The third-order valence-corrected chi connectivity index (χ3v) is 3.93. The van der Waals surface area contributed by atoms with Gasteiger partial charge in [-0.15, -0.1) is 0 Å². The van der Waals surface area contributed by atoms with Crippen LogP contribution in [-0.4, -0.2) is 4.98 Å². The third kappa shape index (κ3) is 2.01. The molecule has 98 valence electrons. The molecule has 3 rings (SSSR count). The Balaban J connectivity index is 2.27. The van der Waals surface area contributed by atoms with Gasteiger partial charge in [0.2, 0.25) is 0 Å². The van der Waals surface area contributed by atoms with Gasteiger partial charge in [-0.3, -0.25) is 4.98 Å². The molecule has 2 nitrogen and oxygen atoms in total. The summed E-state index contributed by atoms with van der Waals surface area (Å²) >= 11 is 0. The fraction of sp³-hybridized carbons (Fsp3) is 0.353. The van der Waals surface area contributed by atoms with Gasteiger partial charge in [-0.1, -0.05) is 44.2 Å². The average molecular weight is 252 g/mol. The van der Waals surface area contributed by atoms with Crippen LogP contribution in [0, 0.1) is 0 Å². The lowest BCUT2D eigenvalue weighted by atomic mass is 9.93. The maximum absolute atomic E-state index is 6.43. The van der Waals surface area contributed by atoms with Crippen molar-refractivity contribution in [1.29, 1.82) is 0 Å². The molecule has 0 fully saturated rings. The predicted molar refractivity (Wildman–Crippen MR) is 80.2 cm³/mol. The minimum atomic E-state index is 0.397. The van der Waals surface area contributed by atoms with Crippen LogP contribution < -0.4 is 5.73 Å². The fourth-order valence-corrected chi connectivity index (χ4v) is 3.03. The maximum Gasteiger partial charge on any atom is 0.0760 e. The highest BCUT2D eigenvalue weighted by Crippen LogP contribution is 2.38. The van der Waals surface area contributed by atoms with E-state index >= 15 is 0 Å². The van der Waals surface area contributed by atoms with Crippen molar-refractivity contribution in [1.82, 2.24) is 4.98 Å². The van der Waals surface area contributed by atoms with Crippen molar-refractivity contribution in [3.05, 3.63) is 47.2 Å². The SMILES string of the molecule is CC(C)c1c(-c2ccccc2)nc2c(c1N)CCC2. The van der Waals surface area contributed by atoms with Gasteiger partial charge in [0.15, 0.2) is 0 Å². The number of aryl methyl sites for hydroxylation is 1. The summed E-state index contributed by atoms with van der Waals surface area (Å²) in [4.78, 5) is 4.93. The molecular weight excluding hydrogens is 232 g/mol. The summed E-state index contributed by atoms with van der Waals surface area (Å²) in [6, 6.07) is 10.4. The molecular formula is C17H20N2. The highest BCUT2D eigenvalue weighted by molar-refractivity contribution is 5.73. The second-order valence-electron chi connectivity index (χ2n) is 5.59. The Labute approximate surface area is 114 Å². The summed E-state index contributed by atoms with van der Waals surface area (Å²) in [6.45, 7) is 4.39. The second-order valence-corrected chi connectivity index (χ2v) is 5.59. The van der Waals surface area contributed by atoms with Crippen LogP contribution in [0.3, 0.4) is 0 Å². The molecule has 1 aliphatic carbocycles. The zero-order chi connectivity index (χ0) is 13.4. The first-order valence-corrected chi connectivity index (χ1v) is 7.05. The number of nitrogen functional groups attached to an aromatic ring is 1. The number of hydrogen-bond donors (Lipinski definition) is 1. The highest BCUT2D eigenvalue weighted by Gasteiger charge is 2.23. The van der Waals surface area contributed by atoms with E-state index < -0.39 is 0 Å². The summed E-state index contributed by atoms with van der Waals surface area (Å²) in [6.07, 6.45) is 3.34. The Morgan fingerprint density at radius 1 is 1.11 bits per heavy atom. The molecule has 0 saturated carbocycles. The monoisotopic (exact) mass is 252 g/mol. The van der Waals surface area contributed by atoms with Crippen molar-refractivity contribution < 1.29 is 0 Å². The summed E-state index contributed by atoms with van der Waals surface area (Å²) in [5.41, 5.74) is 13.4. The van der Waals surface area contributed by atoms with Gasteiger partial charge in [0, 0.05) is 22.5 Å². The number of benzene rings is 1. The number of aromatic nitrogens is 1. The summed E-state index contributed by atoms with van der Waals surface area (Å²) in [5.74, 6) is 0.397. The Hall–Kier alpha value is -1.83. The summed E-state index contributed by atoms with van der Waals surface area (Å²) in [7, 11) is 0. The molecule has 1 aliphatic rings. The first-order valence-electron chi connectivity index (χ1n) is 7.05. The van der Waals surface area contributed by atoms with Crippen LogP contribution in [0.25, 0.3) is 11.3 Å². The Kier molecular flexibility index (Phi) is 3.02. The molecule has 1 heterocycles. The van der Waals surface area contributed by atoms with Crippen LogP contribution in [0.4, 0.5) is 5.69 Å². The Bertz CT molecular complexity index is 600. The molecule has 1 aromatic heterocycles. The molecule has 2 aromatic rings. The molecule has 0 bridgehead atoms. The number of nitrogens with two attached hydrogens (primary N) is 1. The molecule has 2 N–H and O–H groups in total. The molecule has 0 unspecified atom stereocenters. The molecule has 0 amide bonds. The smallest absolute Gasteiger partial charge is 0.0760 e. The van der Waals surface area contributed by atoms with E-state index in [1.54, 1.807) is 0 Å². The first kappa shape index (κ1) is 12.2. The molecule has 2 heteroatoms. The van der Waals surface area contributed by atoms with Crippen molar-refractivity contribution in [3.8, 4) is 11.3 Å². The number of hydrogen-bond acceptors (Lipinski definition) is 2. The van der Waals surface area contributed by atoms with Crippen LogP contribution in [0.5, 0.6) is 0 Å². The van der Waals surface area contributed by atoms with Gasteiger partial charge in [-0.2, -0.15) is 0 Å². The van der Waals surface area contributed by atoms with Gasteiger partial charge in [0.1, 0.15) is 0 Å². The van der Waals surface area contributed by atoms with Crippen molar-refractivity contribution >= 4 is 5.69 Å². The molecule has 0 saturated heterocycles. The minimum Gasteiger partial charge on any atom is -0.398 e. The lowest BCUT2D eigenvalue weighted by Crippen LogP contribution is -2.07. The van der Waals surface area contributed by atoms with Crippen molar-refractivity contribution in [3.63, 3.8) is 0 Å². The van der Waals surface area contributed by atoms with Crippen molar-refractivity contribution in [2.75, 3.05) is 5.73 Å². The number of pyridine rings is 1. The van der Waals surface area contributed by atoms with E-state index in [4.69, 9.17) is 10.7 Å². The van der Waals surface area contributed by atoms with E-state index in [0.29, 0.717) is 5.92 Å². The number of nitrogens with zero attached hydrogens (tertiary/aromatic N) is 1. The molecule has 0 radical (unpaired) electrons. The maximum atomic E-state index is 6.43. The summed E-state index contributed by atoms with van der Waals surface area (Å²) in [5, 5.41) is 0. The number of rotatable bonds is 2. The van der Waals surface area contributed by atoms with E-state index in [1.807, 2.05) is 6.07 Å². The first-order chi connectivity index (χ1) is 9.18. The van der Waals surface area contributed by atoms with Crippen molar-refractivity contribution in [2.24, 2.45) is 0 Å². The third-order valence-electron chi connectivity index (χ3n) is 3.93. The van der Waals surface area contributed by atoms with Gasteiger partial charge in [-0.05, 0) is 30.7 Å². The highest BCUT2D eigenvalue weighted by atomic mass is 14.8. The summed E-state index contributed by atoms with van der Waals surface area (Å²) < 4.78 is 0. The topological polar surface area (TPSA) is 38.9 Å². The van der Waals surface area contributed by atoms with E-state index in [1.165, 1.54) is 28.8 Å². The van der Waals surface area contributed by atoms with Gasteiger partial charge in [0.05, 0.1) is 5.69 Å². The van der Waals surface area contributed by atoms with E-state index in [0.717, 1.165) is 24.2 Å². The average Bonchev–Trinajstić information content (AvgIpc) is 2.87. The minimum absolute atomic E-state index is 0.397. The largest absolute Gasteiger partial charge is 0.398 e. The van der Waals surface area contributed by atoms with Crippen LogP contribution in [0.2, 0.25) is 0 Å². The van der Waals surface area contributed by atoms with Crippen LogP contribution >= 0.6 is 0 Å². The van der Waals surface area contributed by atoms with Gasteiger partial charge < -0.3 is 5.73 Å². The molecule has 0 spiro atoms. The molecule has 0 aliphatic heterocycles. The fourth-order valence-electron chi connectivity index (χ4n) is 3.03. The van der Waals surface area contributed by atoms with Gasteiger partial charge >= 0.3 is 0 Å². The number of fused-ring (bicyclic) bond motifs is 1. The standard InChI is InChI=1S/C17H20N2/c1-11(2)15-16(18)13-9-6-10-14(13)19-17(15)12-7-4-3-5-8-12/h3-5,7-8,11H,6,9-10H2,1-2H3,(H2,18,19). The Morgan fingerprint density at radius 3 is 2.53 bits per heavy atom. The Morgan fingerprint density at radius 2 is 1.84 bits per heavy atom. The van der Waals surface area contributed by atoms with Gasteiger partial charge in [-0.25, -0.2) is 0 Å². The van der Waals surface area contributed by atoms with Crippen LogP contribution in [0.1, 0.15) is 43.0 Å². The lowest BCUT2D eigenvalue weighted by molar-refractivity contribution is 0.859. The van der Waals surface area contributed by atoms with Gasteiger partial charge in [0.25, 0.3) is 0 Å². The molecule has 0 atom stereocenters. The zero-order valence-corrected chi connectivity index (χ0v) is 11.6. The number of anilines is 1. The molecule has 1 aromatic carbocycles. The van der Waals surface area contributed by atoms with E-state index in [2.05, 4.69) is 38.1 Å². The van der Waals surface area contributed by atoms with E-state index in [-0.39, 0.29) is 0 Å². The normalized spacial score (nSPS) is 13.8. The lowest BCUT2D eigenvalue weighted by Gasteiger charge is -2.18. The molecule has 19 heavy (non-hydrogen) atoms. The quantitative estimate of drug-likeness (QED) is 0.879. The van der Waals surface area contributed by atoms with Crippen molar-refractivity contribution in [2.45, 2.75) is 39.0 Å². The predicted octanol–water partition coefficient (Wildman–Crippen LogP) is 3.94. The second kappa shape index (κ2) is 4.69.